The molecule has 0 radical (unpaired) electrons. The van der Waals surface area contributed by atoms with Crippen LogP contribution in [0.3, 0.4) is 0 Å². The number of rotatable bonds is 5. The summed E-state index contributed by atoms with van der Waals surface area (Å²) < 4.78 is 31.2. The van der Waals surface area contributed by atoms with Gasteiger partial charge in [-0.25, -0.2) is 9.97 Å². The molecular formula is C20H22N4O5. The second-order valence-electron chi connectivity index (χ2n) is 7.47. The summed E-state index contributed by atoms with van der Waals surface area (Å²) >= 11 is 0. The minimum Gasteiger partial charge on any atom is -0.471 e. The van der Waals surface area contributed by atoms with E-state index in [1.807, 2.05) is 48.7 Å². The van der Waals surface area contributed by atoms with Crippen molar-refractivity contribution >= 4 is 11.2 Å². The van der Waals surface area contributed by atoms with Gasteiger partial charge in [-0.15, -0.1) is 0 Å². The highest BCUT2D eigenvalue weighted by atomic mass is 16.8. The van der Waals surface area contributed by atoms with Crippen LogP contribution in [0.25, 0.3) is 11.2 Å². The molecular weight excluding hydrogens is 376 g/mol. The van der Waals surface area contributed by atoms with Crippen molar-refractivity contribution in [3.8, 4) is 5.88 Å². The third-order valence-corrected chi connectivity index (χ3v) is 5.04. The summed E-state index contributed by atoms with van der Waals surface area (Å²) in [5, 5.41) is 0. The van der Waals surface area contributed by atoms with Gasteiger partial charge in [-0.05, 0) is 19.4 Å². The van der Waals surface area contributed by atoms with Gasteiger partial charge in [0.25, 0.3) is 0 Å². The first kappa shape index (κ1) is 18.4. The largest absolute Gasteiger partial charge is 0.471 e. The van der Waals surface area contributed by atoms with Crippen LogP contribution in [0.15, 0.2) is 43.0 Å². The van der Waals surface area contributed by atoms with Crippen LogP contribution in [0, 0.1) is 0 Å². The molecule has 0 spiro atoms. The predicted molar refractivity (Wildman–Crippen MR) is 101 cm³/mol. The predicted octanol–water partition coefficient (Wildman–Crippen LogP) is 2.43. The van der Waals surface area contributed by atoms with E-state index in [1.54, 1.807) is 13.4 Å². The number of ether oxygens (including phenoxy) is 5. The molecule has 2 saturated heterocycles. The molecule has 0 aliphatic carbocycles. The molecule has 0 N–H and O–H groups in total. The average Bonchev–Trinajstić information content (AvgIpc) is 3.37. The van der Waals surface area contributed by atoms with E-state index in [0.717, 1.165) is 5.56 Å². The second kappa shape index (κ2) is 7.03. The summed E-state index contributed by atoms with van der Waals surface area (Å²) in [6.45, 7) is 4.14. The van der Waals surface area contributed by atoms with E-state index in [9.17, 15) is 0 Å². The summed E-state index contributed by atoms with van der Waals surface area (Å²) in [6.07, 6.45) is 1.39. The third kappa shape index (κ3) is 3.25. The quantitative estimate of drug-likeness (QED) is 0.647. The van der Waals surface area contributed by atoms with Crippen molar-refractivity contribution in [2.24, 2.45) is 0 Å². The highest BCUT2D eigenvalue weighted by Crippen LogP contribution is 2.44. The van der Waals surface area contributed by atoms with Crippen molar-refractivity contribution in [1.82, 2.24) is 19.5 Å². The molecule has 5 rings (SSSR count). The molecule has 2 aromatic heterocycles. The van der Waals surface area contributed by atoms with Gasteiger partial charge in [0.2, 0.25) is 5.88 Å². The second-order valence-corrected chi connectivity index (χ2v) is 7.47. The lowest BCUT2D eigenvalue weighted by molar-refractivity contribution is -0.237. The van der Waals surface area contributed by atoms with Crippen LogP contribution in [0.1, 0.15) is 25.6 Å². The Morgan fingerprint density at radius 1 is 1.07 bits per heavy atom. The molecule has 4 heterocycles. The van der Waals surface area contributed by atoms with E-state index in [-0.39, 0.29) is 12.2 Å². The van der Waals surface area contributed by atoms with Crippen LogP contribution in [0.2, 0.25) is 0 Å². The smallest absolute Gasteiger partial charge is 0.245 e. The number of fused-ring (bicyclic) bond motifs is 2. The van der Waals surface area contributed by atoms with E-state index in [2.05, 4.69) is 15.0 Å². The highest BCUT2D eigenvalue weighted by molar-refractivity contribution is 5.76. The standard InChI is InChI=1S/C20H22N4O5/c1-20(2)28-14-15(29-20)19(25-3)27-18(14)24-11-23-13-16(24)21-10-22-17(13)26-9-12-7-5-4-6-8-12/h4-8,10-11,14-15,18-19H,9H2,1-3H3/t14-,15+,18-,19+/m1/s1. The van der Waals surface area contributed by atoms with Gasteiger partial charge in [-0.2, -0.15) is 4.98 Å². The highest BCUT2D eigenvalue weighted by Gasteiger charge is 2.56. The fraction of sp³-hybridized carbons (Fsp3) is 0.450. The number of nitrogens with zero attached hydrogens (tertiary/aromatic N) is 4. The Morgan fingerprint density at radius 2 is 1.86 bits per heavy atom. The fourth-order valence-corrected chi connectivity index (χ4v) is 3.80. The Hall–Kier alpha value is -2.59. The van der Waals surface area contributed by atoms with Gasteiger partial charge in [0.05, 0.1) is 6.33 Å². The Labute approximate surface area is 167 Å². The van der Waals surface area contributed by atoms with Crippen molar-refractivity contribution in [3.05, 3.63) is 48.5 Å². The van der Waals surface area contributed by atoms with Gasteiger partial charge in [0.1, 0.15) is 25.1 Å². The molecule has 2 fully saturated rings. The topological polar surface area (TPSA) is 89.8 Å². The van der Waals surface area contributed by atoms with E-state index in [1.165, 1.54) is 6.33 Å². The number of aromatic nitrogens is 4. The lowest BCUT2D eigenvalue weighted by atomic mass is 10.2. The van der Waals surface area contributed by atoms with Gasteiger partial charge in [0, 0.05) is 7.11 Å². The summed E-state index contributed by atoms with van der Waals surface area (Å²) in [4.78, 5) is 13.1. The van der Waals surface area contributed by atoms with E-state index in [0.29, 0.717) is 23.7 Å². The van der Waals surface area contributed by atoms with Gasteiger partial charge in [-0.3, -0.25) is 4.57 Å². The number of hydrogen-bond acceptors (Lipinski definition) is 8. The zero-order valence-electron chi connectivity index (χ0n) is 16.4. The summed E-state index contributed by atoms with van der Waals surface area (Å²) in [7, 11) is 1.59. The zero-order valence-corrected chi connectivity index (χ0v) is 16.4. The van der Waals surface area contributed by atoms with Crippen LogP contribution < -0.4 is 4.74 Å². The van der Waals surface area contributed by atoms with Gasteiger partial charge in [0.15, 0.2) is 29.5 Å². The molecule has 0 bridgehead atoms. The van der Waals surface area contributed by atoms with E-state index < -0.39 is 18.3 Å². The molecule has 9 heteroatoms. The van der Waals surface area contributed by atoms with Crippen molar-refractivity contribution < 1.29 is 23.7 Å². The number of imidazole rings is 1. The average molecular weight is 398 g/mol. The first-order valence-electron chi connectivity index (χ1n) is 9.44. The minimum absolute atomic E-state index is 0.340. The van der Waals surface area contributed by atoms with E-state index in [4.69, 9.17) is 23.7 Å². The van der Waals surface area contributed by atoms with Crippen LogP contribution in [0.5, 0.6) is 5.88 Å². The van der Waals surface area contributed by atoms with Crippen LogP contribution in [-0.2, 0) is 25.6 Å². The monoisotopic (exact) mass is 398 g/mol. The maximum Gasteiger partial charge on any atom is 0.245 e. The SMILES string of the molecule is CO[C@H]1O[C@@H](n2cnc3c(OCc4ccccc4)ncnc32)[C@@H]2OC(C)(C)O[C@H]12. The van der Waals surface area contributed by atoms with Crippen molar-refractivity contribution in [2.75, 3.05) is 7.11 Å². The molecule has 0 unspecified atom stereocenters. The molecule has 4 atom stereocenters. The first-order valence-corrected chi connectivity index (χ1v) is 9.44. The summed E-state index contributed by atoms with van der Waals surface area (Å²) in [6, 6.07) is 9.88. The molecule has 152 valence electrons. The lowest BCUT2D eigenvalue weighted by Gasteiger charge is -2.24. The Morgan fingerprint density at radius 3 is 2.66 bits per heavy atom. The maximum absolute atomic E-state index is 6.08. The van der Waals surface area contributed by atoms with Gasteiger partial charge in [-0.1, -0.05) is 30.3 Å². The molecule has 29 heavy (non-hydrogen) atoms. The first-order chi connectivity index (χ1) is 14.1. The van der Waals surface area contributed by atoms with Crippen LogP contribution >= 0.6 is 0 Å². The van der Waals surface area contributed by atoms with Crippen LogP contribution in [0.4, 0.5) is 0 Å². The van der Waals surface area contributed by atoms with Crippen LogP contribution in [-0.4, -0.2) is 50.9 Å². The van der Waals surface area contributed by atoms with Crippen molar-refractivity contribution in [3.63, 3.8) is 0 Å². The summed E-state index contributed by atoms with van der Waals surface area (Å²) in [5.41, 5.74) is 2.20. The Balaban J connectivity index is 1.44. The maximum atomic E-state index is 6.08. The molecule has 9 nitrogen and oxygen atoms in total. The molecule has 3 aromatic rings. The van der Waals surface area contributed by atoms with Gasteiger partial charge >= 0.3 is 0 Å². The molecule has 2 aliphatic heterocycles. The molecule has 2 aliphatic rings. The van der Waals surface area contributed by atoms with Crippen molar-refractivity contribution in [1.29, 1.82) is 0 Å². The van der Waals surface area contributed by atoms with Gasteiger partial charge < -0.3 is 23.7 Å². The lowest BCUT2D eigenvalue weighted by Crippen LogP contribution is -2.30. The van der Waals surface area contributed by atoms with Crippen molar-refractivity contribution in [2.45, 2.75) is 51.0 Å². The Bertz CT molecular complexity index is 1010. The molecule has 0 saturated carbocycles. The zero-order chi connectivity index (χ0) is 20.0. The molecule has 0 amide bonds. The number of benzene rings is 1. The number of hydrogen-bond donors (Lipinski definition) is 0. The number of methoxy groups -OCH3 is 1. The fourth-order valence-electron chi connectivity index (χ4n) is 3.80. The molecule has 1 aromatic carbocycles. The normalized spacial score (nSPS) is 28.0. The third-order valence-electron chi connectivity index (χ3n) is 5.04. The Kier molecular flexibility index (Phi) is 4.47. The summed E-state index contributed by atoms with van der Waals surface area (Å²) in [5.74, 6) is -0.303. The van der Waals surface area contributed by atoms with E-state index >= 15 is 0 Å². The minimum atomic E-state index is -0.719.